The van der Waals surface area contributed by atoms with Crippen LogP contribution in [0.2, 0.25) is 10.0 Å². The molecule has 1 aliphatic heterocycles. The highest BCUT2D eigenvalue weighted by Crippen LogP contribution is 2.32. The normalized spacial score (nSPS) is 14.1. The van der Waals surface area contributed by atoms with Gasteiger partial charge in [-0.3, -0.25) is 9.59 Å². The van der Waals surface area contributed by atoms with E-state index >= 15 is 0 Å². The highest BCUT2D eigenvalue weighted by atomic mass is 35.5. The van der Waals surface area contributed by atoms with E-state index in [4.69, 9.17) is 27.6 Å². The SMILES string of the molecule is CC(C)C(=O)N1CCN(c2ccccc2NC(=O)/C=C/c2ccc(-c3ccc(Cl)cc3Cl)o2)CC1. The highest BCUT2D eigenvalue weighted by Gasteiger charge is 2.24. The third kappa shape index (κ3) is 6.08. The molecule has 35 heavy (non-hydrogen) atoms. The zero-order valence-electron chi connectivity index (χ0n) is 19.6. The molecule has 1 aromatic heterocycles. The van der Waals surface area contributed by atoms with Crippen LogP contribution in [0, 0.1) is 5.92 Å². The van der Waals surface area contributed by atoms with Crippen molar-refractivity contribution in [1.82, 2.24) is 4.90 Å². The summed E-state index contributed by atoms with van der Waals surface area (Å²) < 4.78 is 5.82. The first kappa shape index (κ1) is 24.9. The number of piperazine rings is 1. The van der Waals surface area contributed by atoms with Gasteiger partial charge in [0.2, 0.25) is 11.8 Å². The van der Waals surface area contributed by atoms with E-state index in [-0.39, 0.29) is 17.7 Å². The molecule has 0 radical (unpaired) electrons. The van der Waals surface area contributed by atoms with E-state index in [0.29, 0.717) is 47.7 Å². The first-order chi connectivity index (χ1) is 16.8. The summed E-state index contributed by atoms with van der Waals surface area (Å²) in [6.45, 7) is 6.59. The van der Waals surface area contributed by atoms with Crippen molar-refractivity contribution in [3.8, 4) is 11.3 Å². The Morgan fingerprint density at radius 3 is 2.46 bits per heavy atom. The molecule has 8 heteroatoms. The number of nitrogens with one attached hydrogen (secondary N) is 1. The molecule has 2 heterocycles. The van der Waals surface area contributed by atoms with Crippen LogP contribution < -0.4 is 10.2 Å². The van der Waals surface area contributed by atoms with E-state index in [1.807, 2.05) is 43.0 Å². The van der Waals surface area contributed by atoms with Crippen LogP contribution in [0.25, 0.3) is 17.4 Å². The summed E-state index contributed by atoms with van der Waals surface area (Å²) in [5.74, 6) is 1.02. The largest absolute Gasteiger partial charge is 0.457 e. The van der Waals surface area contributed by atoms with Gasteiger partial charge in [0.25, 0.3) is 0 Å². The number of amides is 2. The zero-order chi connectivity index (χ0) is 24.9. The lowest BCUT2D eigenvalue weighted by Gasteiger charge is -2.37. The molecular formula is C27H27Cl2N3O3. The Kier molecular flexibility index (Phi) is 7.83. The molecule has 1 saturated heterocycles. The fourth-order valence-corrected chi connectivity index (χ4v) is 4.50. The van der Waals surface area contributed by atoms with Gasteiger partial charge in [0, 0.05) is 48.8 Å². The van der Waals surface area contributed by atoms with Gasteiger partial charge in [-0.15, -0.1) is 0 Å². The van der Waals surface area contributed by atoms with Crippen molar-refractivity contribution in [2.45, 2.75) is 13.8 Å². The maximum Gasteiger partial charge on any atom is 0.248 e. The van der Waals surface area contributed by atoms with E-state index in [0.717, 1.165) is 16.9 Å². The smallest absolute Gasteiger partial charge is 0.248 e. The minimum Gasteiger partial charge on any atom is -0.457 e. The highest BCUT2D eigenvalue weighted by molar-refractivity contribution is 6.36. The molecule has 1 fully saturated rings. The fourth-order valence-electron chi connectivity index (χ4n) is 4.00. The van der Waals surface area contributed by atoms with Gasteiger partial charge in [-0.25, -0.2) is 0 Å². The zero-order valence-corrected chi connectivity index (χ0v) is 21.1. The van der Waals surface area contributed by atoms with Gasteiger partial charge in [-0.05, 0) is 48.5 Å². The molecule has 6 nitrogen and oxygen atoms in total. The standard InChI is InChI=1S/C27H27Cl2N3O3/c1-18(2)27(34)32-15-13-31(14-16-32)24-6-4-3-5-23(24)30-26(33)12-9-20-8-11-25(35-20)21-10-7-19(28)17-22(21)29/h3-12,17-18H,13-16H2,1-2H3,(H,30,33)/b12-9+. The van der Waals surface area contributed by atoms with E-state index in [9.17, 15) is 9.59 Å². The predicted molar refractivity (Wildman–Crippen MR) is 142 cm³/mol. The first-order valence-corrected chi connectivity index (χ1v) is 12.2. The minimum absolute atomic E-state index is 0.00618. The van der Waals surface area contributed by atoms with Gasteiger partial charge in [0.15, 0.2) is 0 Å². The summed E-state index contributed by atoms with van der Waals surface area (Å²) in [5, 5.41) is 4.00. The molecule has 0 aliphatic carbocycles. The number of carbonyl (C=O) groups is 2. The topological polar surface area (TPSA) is 65.8 Å². The molecule has 0 bridgehead atoms. The first-order valence-electron chi connectivity index (χ1n) is 11.5. The monoisotopic (exact) mass is 511 g/mol. The third-order valence-electron chi connectivity index (χ3n) is 5.81. The number of rotatable bonds is 6. The van der Waals surface area contributed by atoms with E-state index in [1.54, 1.807) is 36.4 Å². The van der Waals surface area contributed by atoms with Crippen molar-refractivity contribution in [1.29, 1.82) is 0 Å². The van der Waals surface area contributed by atoms with Crippen LogP contribution in [-0.4, -0.2) is 42.9 Å². The lowest BCUT2D eigenvalue weighted by Crippen LogP contribution is -2.50. The Balaban J connectivity index is 1.40. The fraction of sp³-hybridized carbons (Fsp3) is 0.259. The number of hydrogen-bond donors (Lipinski definition) is 1. The van der Waals surface area contributed by atoms with Crippen molar-refractivity contribution in [2.75, 3.05) is 36.4 Å². The second-order valence-corrected chi connectivity index (χ2v) is 9.48. The molecule has 0 atom stereocenters. The predicted octanol–water partition coefficient (Wildman–Crippen LogP) is 6.21. The molecule has 0 unspecified atom stereocenters. The summed E-state index contributed by atoms with van der Waals surface area (Å²) in [4.78, 5) is 29.0. The number of anilines is 2. The van der Waals surface area contributed by atoms with Gasteiger partial charge in [-0.2, -0.15) is 0 Å². The third-order valence-corrected chi connectivity index (χ3v) is 6.36. The average molecular weight is 512 g/mol. The summed E-state index contributed by atoms with van der Waals surface area (Å²) in [6.07, 6.45) is 3.05. The molecule has 0 spiro atoms. The van der Waals surface area contributed by atoms with Gasteiger partial charge in [-0.1, -0.05) is 49.2 Å². The van der Waals surface area contributed by atoms with Crippen molar-refractivity contribution in [2.24, 2.45) is 5.92 Å². The van der Waals surface area contributed by atoms with Gasteiger partial charge in [0.05, 0.1) is 16.4 Å². The average Bonchev–Trinajstić information content (AvgIpc) is 3.31. The molecule has 0 saturated carbocycles. The second-order valence-electron chi connectivity index (χ2n) is 8.63. The Bertz CT molecular complexity index is 1240. The lowest BCUT2D eigenvalue weighted by atomic mass is 10.1. The van der Waals surface area contributed by atoms with Crippen molar-refractivity contribution < 1.29 is 14.0 Å². The molecule has 2 aromatic carbocycles. The maximum absolute atomic E-state index is 12.7. The van der Waals surface area contributed by atoms with E-state index in [2.05, 4.69) is 10.2 Å². The van der Waals surface area contributed by atoms with Gasteiger partial charge >= 0.3 is 0 Å². The summed E-state index contributed by atoms with van der Waals surface area (Å²) in [7, 11) is 0. The number of nitrogens with zero attached hydrogens (tertiary/aromatic N) is 2. The number of halogens is 2. The quantitative estimate of drug-likeness (QED) is 0.399. The number of benzene rings is 2. The molecule has 4 rings (SSSR count). The molecule has 3 aromatic rings. The van der Waals surface area contributed by atoms with Crippen LogP contribution in [-0.2, 0) is 9.59 Å². The number of carbonyl (C=O) groups excluding carboxylic acids is 2. The van der Waals surface area contributed by atoms with E-state index in [1.165, 1.54) is 6.08 Å². The molecule has 182 valence electrons. The van der Waals surface area contributed by atoms with Crippen molar-refractivity contribution in [3.63, 3.8) is 0 Å². The number of hydrogen-bond acceptors (Lipinski definition) is 4. The van der Waals surface area contributed by atoms with Gasteiger partial charge < -0.3 is 19.5 Å². The second kappa shape index (κ2) is 11.0. The lowest BCUT2D eigenvalue weighted by molar-refractivity contribution is -0.134. The minimum atomic E-state index is -0.270. The summed E-state index contributed by atoms with van der Waals surface area (Å²) >= 11 is 12.2. The molecule has 2 amide bonds. The number of furan rings is 1. The Hall–Kier alpha value is -3.22. The Labute approximate surface area is 215 Å². The van der Waals surface area contributed by atoms with Crippen LogP contribution in [0.5, 0.6) is 0 Å². The molecular weight excluding hydrogens is 485 g/mol. The summed E-state index contributed by atoms with van der Waals surface area (Å²) in [5.41, 5.74) is 2.38. The van der Waals surface area contributed by atoms with Crippen LogP contribution >= 0.6 is 23.2 Å². The Morgan fingerprint density at radius 1 is 1.00 bits per heavy atom. The van der Waals surface area contributed by atoms with E-state index < -0.39 is 0 Å². The van der Waals surface area contributed by atoms with Gasteiger partial charge in [0.1, 0.15) is 11.5 Å². The summed E-state index contributed by atoms with van der Waals surface area (Å²) in [6, 6.07) is 16.4. The molecule has 1 aliphatic rings. The van der Waals surface area contributed by atoms with Crippen LogP contribution in [0.3, 0.4) is 0 Å². The van der Waals surface area contributed by atoms with Crippen molar-refractivity contribution in [3.05, 3.63) is 76.5 Å². The Morgan fingerprint density at radius 2 is 1.74 bits per heavy atom. The maximum atomic E-state index is 12.7. The van der Waals surface area contributed by atoms with Crippen LogP contribution in [0.15, 0.2) is 65.1 Å². The van der Waals surface area contributed by atoms with Crippen LogP contribution in [0.1, 0.15) is 19.6 Å². The van der Waals surface area contributed by atoms with Crippen molar-refractivity contribution >= 4 is 52.5 Å². The molecule has 1 N–H and O–H groups in total. The van der Waals surface area contributed by atoms with Crippen LogP contribution in [0.4, 0.5) is 11.4 Å². The number of para-hydroxylation sites is 2.